The molecular formula is C9H9F2NO. The lowest BCUT2D eigenvalue weighted by molar-refractivity contribution is -0.116. The van der Waals surface area contributed by atoms with E-state index in [1.165, 1.54) is 6.92 Å². The van der Waals surface area contributed by atoms with E-state index in [1.54, 1.807) is 0 Å². The van der Waals surface area contributed by atoms with Gasteiger partial charge < -0.3 is 5.73 Å². The number of ketones is 1. The van der Waals surface area contributed by atoms with Crippen molar-refractivity contribution in [3.05, 3.63) is 29.3 Å². The molecule has 0 bridgehead atoms. The molecule has 1 aromatic carbocycles. The van der Waals surface area contributed by atoms with Gasteiger partial charge in [0.1, 0.15) is 17.4 Å². The first-order valence-corrected chi connectivity index (χ1v) is 3.73. The van der Waals surface area contributed by atoms with Crippen LogP contribution in [0.1, 0.15) is 12.5 Å². The Bertz CT molecular complexity index is 326. The lowest BCUT2D eigenvalue weighted by atomic mass is 10.1. The molecule has 0 aliphatic heterocycles. The molecule has 0 atom stereocenters. The fraction of sp³-hybridized carbons (Fsp3) is 0.222. The number of carbonyl (C=O) groups is 1. The lowest BCUT2D eigenvalue weighted by Gasteiger charge is -2.04. The first kappa shape index (κ1) is 9.64. The van der Waals surface area contributed by atoms with Crippen LogP contribution in [0.3, 0.4) is 0 Å². The molecule has 0 heterocycles. The van der Waals surface area contributed by atoms with E-state index < -0.39 is 11.6 Å². The van der Waals surface area contributed by atoms with Crippen molar-refractivity contribution in [3.8, 4) is 0 Å². The Morgan fingerprint density at radius 1 is 1.46 bits per heavy atom. The van der Waals surface area contributed by atoms with Crippen molar-refractivity contribution in [3.63, 3.8) is 0 Å². The van der Waals surface area contributed by atoms with E-state index in [9.17, 15) is 13.6 Å². The molecule has 2 N–H and O–H groups in total. The number of hydrogen-bond donors (Lipinski definition) is 1. The summed E-state index contributed by atoms with van der Waals surface area (Å²) >= 11 is 0. The Balaban J connectivity index is 3.13. The summed E-state index contributed by atoms with van der Waals surface area (Å²) in [4.78, 5) is 10.7. The van der Waals surface area contributed by atoms with Crippen molar-refractivity contribution in [2.75, 3.05) is 5.73 Å². The number of hydrogen-bond acceptors (Lipinski definition) is 2. The Morgan fingerprint density at radius 2 is 2.08 bits per heavy atom. The van der Waals surface area contributed by atoms with Gasteiger partial charge in [0.05, 0.1) is 0 Å². The maximum atomic E-state index is 13.0. The van der Waals surface area contributed by atoms with Crippen LogP contribution in [-0.4, -0.2) is 5.78 Å². The summed E-state index contributed by atoms with van der Waals surface area (Å²) in [5.41, 5.74) is 5.38. The van der Waals surface area contributed by atoms with Crippen LogP contribution in [-0.2, 0) is 11.2 Å². The van der Waals surface area contributed by atoms with Crippen LogP contribution < -0.4 is 5.73 Å². The molecule has 2 nitrogen and oxygen atoms in total. The molecule has 4 heteroatoms. The number of halogens is 2. The largest absolute Gasteiger partial charge is 0.398 e. The zero-order valence-electron chi connectivity index (χ0n) is 7.10. The van der Waals surface area contributed by atoms with E-state index in [-0.39, 0.29) is 23.5 Å². The van der Waals surface area contributed by atoms with E-state index in [0.717, 1.165) is 6.07 Å². The highest BCUT2D eigenvalue weighted by Crippen LogP contribution is 2.18. The average molecular weight is 185 g/mol. The molecular weight excluding hydrogens is 176 g/mol. The zero-order chi connectivity index (χ0) is 10.0. The van der Waals surface area contributed by atoms with Crippen molar-refractivity contribution < 1.29 is 13.6 Å². The molecule has 0 fully saturated rings. The van der Waals surface area contributed by atoms with E-state index in [4.69, 9.17) is 5.73 Å². The molecule has 0 unspecified atom stereocenters. The van der Waals surface area contributed by atoms with Gasteiger partial charge in [0, 0.05) is 23.7 Å². The molecule has 70 valence electrons. The van der Waals surface area contributed by atoms with Crippen LogP contribution >= 0.6 is 0 Å². The van der Waals surface area contributed by atoms with Gasteiger partial charge in [-0.25, -0.2) is 8.78 Å². The zero-order valence-corrected chi connectivity index (χ0v) is 7.10. The van der Waals surface area contributed by atoms with Crippen LogP contribution in [0.25, 0.3) is 0 Å². The number of Topliss-reactive ketones (excluding diaryl/α,β-unsaturated/α-hetero) is 1. The summed E-state index contributed by atoms with van der Waals surface area (Å²) in [6.45, 7) is 1.32. The third kappa shape index (κ3) is 2.24. The standard InChI is InChI=1S/C9H9F2NO/c1-5(13)2-7-8(11)3-6(10)4-9(7)12/h3-4H,2,12H2,1H3. The summed E-state index contributed by atoms with van der Waals surface area (Å²) in [7, 11) is 0. The van der Waals surface area contributed by atoms with Gasteiger partial charge in [0.25, 0.3) is 0 Å². The highest BCUT2D eigenvalue weighted by atomic mass is 19.1. The molecule has 1 aromatic rings. The van der Waals surface area contributed by atoms with Crippen molar-refractivity contribution >= 4 is 11.5 Å². The maximum absolute atomic E-state index is 13.0. The number of anilines is 1. The SMILES string of the molecule is CC(=O)Cc1c(N)cc(F)cc1F. The smallest absolute Gasteiger partial charge is 0.134 e. The van der Waals surface area contributed by atoms with Crippen molar-refractivity contribution in [2.45, 2.75) is 13.3 Å². The van der Waals surface area contributed by atoms with Gasteiger partial charge in [-0.2, -0.15) is 0 Å². The average Bonchev–Trinajstić information content (AvgIpc) is 1.96. The van der Waals surface area contributed by atoms with Gasteiger partial charge in [0.15, 0.2) is 0 Å². The Labute approximate surface area is 74.4 Å². The molecule has 0 saturated heterocycles. The van der Waals surface area contributed by atoms with Gasteiger partial charge in [-0.1, -0.05) is 0 Å². The predicted octanol–water partition coefficient (Wildman–Crippen LogP) is 1.68. The normalized spacial score (nSPS) is 10.1. The van der Waals surface area contributed by atoms with E-state index >= 15 is 0 Å². The van der Waals surface area contributed by atoms with Gasteiger partial charge in [-0.3, -0.25) is 4.79 Å². The molecule has 13 heavy (non-hydrogen) atoms. The van der Waals surface area contributed by atoms with E-state index in [1.807, 2.05) is 0 Å². The fourth-order valence-electron chi connectivity index (χ4n) is 1.06. The van der Waals surface area contributed by atoms with Gasteiger partial charge in [0.2, 0.25) is 0 Å². The van der Waals surface area contributed by atoms with Crippen LogP contribution in [0.15, 0.2) is 12.1 Å². The number of benzene rings is 1. The van der Waals surface area contributed by atoms with Crippen LogP contribution in [0, 0.1) is 11.6 Å². The first-order chi connectivity index (χ1) is 6.00. The molecule has 0 radical (unpaired) electrons. The molecule has 0 aliphatic carbocycles. The van der Waals surface area contributed by atoms with Crippen LogP contribution in [0.4, 0.5) is 14.5 Å². The third-order valence-electron chi connectivity index (χ3n) is 1.62. The van der Waals surface area contributed by atoms with Crippen LogP contribution in [0.2, 0.25) is 0 Å². The monoisotopic (exact) mass is 185 g/mol. The molecule has 0 saturated carbocycles. The Kier molecular flexibility index (Phi) is 2.60. The minimum atomic E-state index is -0.771. The topological polar surface area (TPSA) is 43.1 Å². The number of carbonyl (C=O) groups excluding carboxylic acids is 1. The summed E-state index contributed by atoms with van der Waals surface area (Å²) in [5, 5.41) is 0. The number of nitrogens with two attached hydrogens (primary N) is 1. The van der Waals surface area contributed by atoms with Crippen molar-refractivity contribution in [2.24, 2.45) is 0 Å². The van der Waals surface area contributed by atoms with Gasteiger partial charge in [-0.15, -0.1) is 0 Å². The van der Waals surface area contributed by atoms with Crippen molar-refractivity contribution in [1.29, 1.82) is 0 Å². The summed E-state index contributed by atoms with van der Waals surface area (Å²) < 4.78 is 25.5. The molecule has 1 rings (SSSR count). The Hall–Kier alpha value is -1.45. The third-order valence-corrected chi connectivity index (χ3v) is 1.62. The van der Waals surface area contributed by atoms with Gasteiger partial charge >= 0.3 is 0 Å². The highest BCUT2D eigenvalue weighted by Gasteiger charge is 2.10. The highest BCUT2D eigenvalue weighted by molar-refractivity contribution is 5.79. The van der Waals surface area contributed by atoms with Gasteiger partial charge in [-0.05, 0) is 13.0 Å². The van der Waals surface area contributed by atoms with E-state index in [2.05, 4.69) is 0 Å². The maximum Gasteiger partial charge on any atom is 0.134 e. The molecule has 0 amide bonds. The summed E-state index contributed by atoms with van der Waals surface area (Å²) in [6, 6.07) is 1.72. The van der Waals surface area contributed by atoms with Crippen LogP contribution in [0.5, 0.6) is 0 Å². The minimum absolute atomic E-state index is 0.0206. The Morgan fingerprint density at radius 3 is 2.54 bits per heavy atom. The quantitative estimate of drug-likeness (QED) is 0.712. The molecule has 0 spiro atoms. The second-order valence-corrected chi connectivity index (χ2v) is 2.83. The minimum Gasteiger partial charge on any atom is -0.398 e. The second kappa shape index (κ2) is 3.51. The second-order valence-electron chi connectivity index (χ2n) is 2.83. The van der Waals surface area contributed by atoms with Crippen molar-refractivity contribution in [1.82, 2.24) is 0 Å². The van der Waals surface area contributed by atoms with E-state index in [0.29, 0.717) is 6.07 Å². The fourth-order valence-corrected chi connectivity index (χ4v) is 1.06. The number of nitrogen functional groups attached to an aromatic ring is 1. The summed E-state index contributed by atoms with van der Waals surface area (Å²) in [5.74, 6) is -1.72. The lowest BCUT2D eigenvalue weighted by Crippen LogP contribution is -2.04. The number of rotatable bonds is 2. The molecule has 0 aromatic heterocycles. The summed E-state index contributed by atoms with van der Waals surface area (Å²) in [6.07, 6.45) is -0.0993. The molecule has 0 aliphatic rings. The first-order valence-electron chi connectivity index (χ1n) is 3.73. The predicted molar refractivity (Wildman–Crippen MR) is 45.2 cm³/mol.